The molecule has 0 N–H and O–H groups in total. The molecule has 0 aliphatic carbocycles. The molecule has 1 aliphatic rings. The second kappa shape index (κ2) is 3.97. The van der Waals surface area contributed by atoms with Gasteiger partial charge in [-0.25, -0.2) is 13.2 Å². The van der Waals surface area contributed by atoms with E-state index in [4.69, 9.17) is 11.6 Å². The number of anilines is 1. The number of carbonyl (C=O) groups is 1. The molecule has 1 heterocycles. The maximum Gasteiger partial charge on any atom is 0.228 e. The second-order valence-electron chi connectivity index (χ2n) is 3.52. The van der Waals surface area contributed by atoms with Crippen LogP contribution < -0.4 is 4.90 Å². The van der Waals surface area contributed by atoms with Gasteiger partial charge < -0.3 is 4.90 Å². The standard InChI is InChI=1S/C10H7ClF3NO/c11-5-1-9(16)15(4-5)10-7(13)2-6(12)3-8(10)14/h2-3,5H,1,4H2. The predicted octanol–water partition coefficient (Wildman–Crippen LogP) is 2.45. The molecule has 1 aromatic rings. The van der Waals surface area contributed by atoms with Gasteiger partial charge in [0, 0.05) is 25.1 Å². The first kappa shape index (κ1) is 11.3. The molecule has 0 radical (unpaired) electrons. The van der Waals surface area contributed by atoms with E-state index in [1.807, 2.05) is 0 Å². The van der Waals surface area contributed by atoms with Crippen molar-refractivity contribution in [1.82, 2.24) is 0 Å². The third-order valence-electron chi connectivity index (χ3n) is 2.33. The smallest absolute Gasteiger partial charge is 0.228 e. The summed E-state index contributed by atoms with van der Waals surface area (Å²) in [5.74, 6) is -3.69. The van der Waals surface area contributed by atoms with E-state index in [0.717, 1.165) is 4.90 Å². The van der Waals surface area contributed by atoms with Crippen LogP contribution in [0.3, 0.4) is 0 Å². The van der Waals surface area contributed by atoms with Crippen molar-refractivity contribution in [2.75, 3.05) is 11.4 Å². The molecule has 1 amide bonds. The first-order valence-electron chi connectivity index (χ1n) is 4.58. The average molecular weight is 250 g/mol. The van der Waals surface area contributed by atoms with Gasteiger partial charge in [-0.1, -0.05) is 0 Å². The van der Waals surface area contributed by atoms with Gasteiger partial charge in [-0.15, -0.1) is 11.6 Å². The summed E-state index contributed by atoms with van der Waals surface area (Å²) < 4.78 is 39.4. The molecule has 0 spiro atoms. The highest BCUT2D eigenvalue weighted by atomic mass is 35.5. The van der Waals surface area contributed by atoms with Crippen molar-refractivity contribution in [3.8, 4) is 0 Å². The van der Waals surface area contributed by atoms with Crippen LogP contribution in [0.4, 0.5) is 18.9 Å². The third-order valence-corrected chi connectivity index (χ3v) is 2.62. The Balaban J connectivity index is 2.44. The SMILES string of the molecule is O=C1CC(Cl)CN1c1c(F)cc(F)cc1F. The number of amides is 1. The summed E-state index contributed by atoms with van der Waals surface area (Å²) in [6.45, 7) is 0.0276. The number of rotatable bonds is 1. The van der Waals surface area contributed by atoms with Gasteiger partial charge in [0.2, 0.25) is 5.91 Å². The lowest BCUT2D eigenvalue weighted by molar-refractivity contribution is -0.117. The van der Waals surface area contributed by atoms with Gasteiger partial charge in [0.25, 0.3) is 0 Å². The number of halogens is 4. The molecular weight excluding hydrogens is 243 g/mol. The Morgan fingerprint density at radius 1 is 1.25 bits per heavy atom. The molecule has 2 nitrogen and oxygen atoms in total. The number of alkyl halides is 1. The van der Waals surface area contributed by atoms with Crippen LogP contribution in [0.5, 0.6) is 0 Å². The zero-order valence-electron chi connectivity index (χ0n) is 8.01. The summed E-state index contributed by atoms with van der Waals surface area (Å²) >= 11 is 5.71. The molecule has 1 aliphatic heterocycles. The molecule has 6 heteroatoms. The highest BCUT2D eigenvalue weighted by molar-refractivity contribution is 6.24. The molecule has 2 rings (SSSR count). The lowest BCUT2D eigenvalue weighted by Gasteiger charge is -2.17. The molecule has 0 aromatic heterocycles. The predicted molar refractivity (Wildman–Crippen MR) is 52.9 cm³/mol. The van der Waals surface area contributed by atoms with Crippen LogP contribution in [0, 0.1) is 17.5 Å². The van der Waals surface area contributed by atoms with Crippen LogP contribution in [-0.4, -0.2) is 17.8 Å². The van der Waals surface area contributed by atoms with E-state index in [-0.39, 0.29) is 13.0 Å². The van der Waals surface area contributed by atoms with Crippen molar-refractivity contribution in [2.24, 2.45) is 0 Å². The monoisotopic (exact) mass is 249 g/mol. The molecular formula is C10H7ClF3NO. The average Bonchev–Trinajstić information content (AvgIpc) is 2.43. The molecule has 1 aromatic carbocycles. The van der Waals surface area contributed by atoms with Crippen molar-refractivity contribution in [3.63, 3.8) is 0 Å². The quantitative estimate of drug-likeness (QED) is 0.700. The van der Waals surface area contributed by atoms with Crippen molar-refractivity contribution in [3.05, 3.63) is 29.6 Å². The van der Waals surface area contributed by atoms with E-state index in [0.29, 0.717) is 12.1 Å². The molecule has 1 fully saturated rings. The maximum atomic E-state index is 13.3. The van der Waals surface area contributed by atoms with Gasteiger partial charge in [0.05, 0.1) is 5.38 Å². The number of nitrogens with zero attached hydrogens (tertiary/aromatic N) is 1. The lowest BCUT2D eigenvalue weighted by Crippen LogP contribution is -2.26. The van der Waals surface area contributed by atoms with E-state index in [1.165, 1.54) is 0 Å². The maximum absolute atomic E-state index is 13.3. The van der Waals surface area contributed by atoms with Crippen LogP contribution in [0.15, 0.2) is 12.1 Å². The zero-order chi connectivity index (χ0) is 11.9. The third kappa shape index (κ3) is 1.87. The van der Waals surface area contributed by atoms with Crippen molar-refractivity contribution < 1.29 is 18.0 Å². The fraction of sp³-hybridized carbons (Fsp3) is 0.300. The van der Waals surface area contributed by atoms with Gasteiger partial charge >= 0.3 is 0 Å². The van der Waals surface area contributed by atoms with Crippen molar-refractivity contribution in [1.29, 1.82) is 0 Å². The normalized spacial score (nSPS) is 20.6. The molecule has 86 valence electrons. The van der Waals surface area contributed by atoms with Crippen molar-refractivity contribution >= 4 is 23.2 Å². The minimum absolute atomic E-state index is 0.0256. The first-order chi connectivity index (χ1) is 7.49. The van der Waals surface area contributed by atoms with Gasteiger partial charge in [0.1, 0.15) is 11.5 Å². The lowest BCUT2D eigenvalue weighted by atomic mass is 10.2. The van der Waals surface area contributed by atoms with Gasteiger partial charge in [0.15, 0.2) is 11.6 Å². The van der Waals surface area contributed by atoms with Gasteiger partial charge in [-0.05, 0) is 0 Å². The number of benzene rings is 1. The van der Waals surface area contributed by atoms with Crippen LogP contribution in [-0.2, 0) is 4.79 Å². The highest BCUT2D eigenvalue weighted by Crippen LogP contribution is 2.29. The molecule has 1 saturated heterocycles. The number of carbonyl (C=O) groups excluding carboxylic acids is 1. The molecule has 1 atom stereocenters. The van der Waals surface area contributed by atoms with Crippen LogP contribution in [0.1, 0.15) is 6.42 Å². The summed E-state index contributed by atoms with van der Waals surface area (Å²) in [5.41, 5.74) is -0.533. The fourth-order valence-electron chi connectivity index (χ4n) is 1.67. The molecule has 0 bridgehead atoms. The van der Waals surface area contributed by atoms with E-state index >= 15 is 0 Å². The summed E-state index contributed by atoms with van der Waals surface area (Å²) in [7, 11) is 0. The molecule has 1 unspecified atom stereocenters. The Bertz CT molecular complexity index is 429. The minimum atomic E-state index is -1.10. The van der Waals surface area contributed by atoms with E-state index < -0.39 is 34.4 Å². The van der Waals surface area contributed by atoms with Crippen LogP contribution in [0.2, 0.25) is 0 Å². The summed E-state index contributed by atoms with van der Waals surface area (Å²) in [4.78, 5) is 12.3. The summed E-state index contributed by atoms with van der Waals surface area (Å²) in [6.07, 6.45) is 0.0256. The van der Waals surface area contributed by atoms with Crippen LogP contribution in [0.25, 0.3) is 0 Å². The second-order valence-corrected chi connectivity index (χ2v) is 4.14. The Labute approximate surface area is 94.6 Å². The number of hydrogen-bond donors (Lipinski definition) is 0. The van der Waals surface area contributed by atoms with Gasteiger partial charge in [-0.3, -0.25) is 4.79 Å². The molecule has 0 saturated carbocycles. The minimum Gasteiger partial charge on any atom is -0.306 e. The molecule has 16 heavy (non-hydrogen) atoms. The highest BCUT2D eigenvalue weighted by Gasteiger charge is 2.32. The van der Waals surface area contributed by atoms with Crippen molar-refractivity contribution in [2.45, 2.75) is 11.8 Å². The topological polar surface area (TPSA) is 20.3 Å². The first-order valence-corrected chi connectivity index (χ1v) is 5.01. The Kier molecular flexibility index (Phi) is 2.80. The Morgan fingerprint density at radius 2 is 1.81 bits per heavy atom. The Morgan fingerprint density at radius 3 is 2.25 bits per heavy atom. The zero-order valence-corrected chi connectivity index (χ0v) is 8.77. The number of hydrogen-bond acceptors (Lipinski definition) is 1. The summed E-state index contributed by atoms with van der Waals surface area (Å²) in [6, 6.07) is 1.07. The summed E-state index contributed by atoms with van der Waals surface area (Å²) in [5, 5.41) is -0.476. The Hall–Kier alpha value is -1.23. The fourth-order valence-corrected chi connectivity index (χ4v) is 1.94. The van der Waals surface area contributed by atoms with E-state index in [9.17, 15) is 18.0 Å². The largest absolute Gasteiger partial charge is 0.306 e. The van der Waals surface area contributed by atoms with E-state index in [2.05, 4.69) is 0 Å². The van der Waals surface area contributed by atoms with Crippen LogP contribution >= 0.6 is 11.6 Å². The van der Waals surface area contributed by atoms with E-state index in [1.54, 1.807) is 0 Å². The van der Waals surface area contributed by atoms with Gasteiger partial charge in [-0.2, -0.15) is 0 Å².